The second-order valence-electron chi connectivity index (χ2n) is 5.75. The van der Waals surface area contributed by atoms with Crippen molar-refractivity contribution in [2.75, 3.05) is 0 Å². The lowest BCUT2D eigenvalue weighted by atomic mass is 10.1. The summed E-state index contributed by atoms with van der Waals surface area (Å²) >= 11 is 12.2. The average molecular weight is 363 g/mol. The van der Waals surface area contributed by atoms with E-state index in [9.17, 15) is 4.79 Å². The summed E-state index contributed by atoms with van der Waals surface area (Å²) in [4.78, 5) is 10.9. The first-order valence-electron chi connectivity index (χ1n) is 7.56. The molecule has 124 valence electrons. The molecule has 24 heavy (non-hydrogen) atoms. The predicted octanol–water partition coefficient (Wildman–Crippen LogP) is 4.72. The highest BCUT2D eigenvalue weighted by atomic mass is 35.5. The van der Waals surface area contributed by atoms with E-state index in [2.05, 4.69) is 11.2 Å². The molecule has 0 unspecified atom stereocenters. The number of carboxylic acids is 1. The molecular formula is C18H16Cl2N2O2. The molecule has 0 atom stereocenters. The van der Waals surface area contributed by atoms with Gasteiger partial charge in [0, 0.05) is 21.9 Å². The van der Waals surface area contributed by atoms with Crippen molar-refractivity contribution in [3.8, 4) is 0 Å². The standard InChI is InChI=1S/C18H16Cl2N2O2/c1-11-2-5-14-16(6-7-18(23)24)21-22(17(14)8-11)10-12-3-4-13(19)9-15(12)20/h2-5,8-9H,6-7,10H2,1H3,(H,23,24). The van der Waals surface area contributed by atoms with Gasteiger partial charge in [0.15, 0.2) is 0 Å². The van der Waals surface area contributed by atoms with Crippen molar-refractivity contribution < 1.29 is 9.90 Å². The van der Waals surface area contributed by atoms with Gasteiger partial charge in [-0.15, -0.1) is 0 Å². The highest BCUT2D eigenvalue weighted by Crippen LogP contribution is 2.25. The summed E-state index contributed by atoms with van der Waals surface area (Å²) in [6, 6.07) is 11.4. The quantitative estimate of drug-likeness (QED) is 0.714. The normalized spacial score (nSPS) is 11.1. The Morgan fingerprint density at radius 2 is 2.00 bits per heavy atom. The van der Waals surface area contributed by atoms with Crippen molar-refractivity contribution in [2.24, 2.45) is 0 Å². The summed E-state index contributed by atoms with van der Waals surface area (Å²) in [6.07, 6.45) is 0.456. The summed E-state index contributed by atoms with van der Waals surface area (Å²) in [5.41, 5.74) is 3.80. The van der Waals surface area contributed by atoms with Gasteiger partial charge in [0.25, 0.3) is 0 Å². The zero-order valence-corrected chi connectivity index (χ0v) is 14.6. The number of nitrogens with zero attached hydrogens (tertiary/aromatic N) is 2. The maximum absolute atomic E-state index is 10.9. The van der Waals surface area contributed by atoms with Crippen LogP contribution in [0.2, 0.25) is 10.0 Å². The lowest BCUT2D eigenvalue weighted by Crippen LogP contribution is -2.04. The van der Waals surface area contributed by atoms with Gasteiger partial charge in [-0.25, -0.2) is 0 Å². The summed E-state index contributed by atoms with van der Waals surface area (Å²) in [6.45, 7) is 2.52. The molecule has 3 aromatic rings. The van der Waals surface area contributed by atoms with Crippen LogP contribution in [0.25, 0.3) is 10.9 Å². The first-order valence-corrected chi connectivity index (χ1v) is 8.31. The van der Waals surface area contributed by atoms with Crippen LogP contribution in [0, 0.1) is 6.92 Å². The Morgan fingerprint density at radius 3 is 2.71 bits per heavy atom. The van der Waals surface area contributed by atoms with E-state index in [1.807, 2.05) is 29.8 Å². The molecule has 0 aliphatic heterocycles. The fourth-order valence-corrected chi connectivity index (χ4v) is 3.16. The first-order chi connectivity index (χ1) is 11.4. The second-order valence-corrected chi connectivity index (χ2v) is 6.60. The third-order valence-corrected chi connectivity index (χ3v) is 4.48. The van der Waals surface area contributed by atoms with Crippen LogP contribution in [-0.2, 0) is 17.8 Å². The van der Waals surface area contributed by atoms with Gasteiger partial charge in [-0.05, 0) is 36.2 Å². The number of aryl methyl sites for hydroxylation is 2. The van der Waals surface area contributed by atoms with Gasteiger partial charge >= 0.3 is 5.97 Å². The molecular weight excluding hydrogens is 347 g/mol. The van der Waals surface area contributed by atoms with E-state index in [-0.39, 0.29) is 6.42 Å². The molecule has 0 amide bonds. The van der Waals surface area contributed by atoms with Crippen molar-refractivity contribution in [3.05, 3.63) is 63.3 Å². The molecule has 1 aromatic heterocycles. The maximum atomic E-state index is 10.9. The number of halogens is 2. The van der Waals surface area contributed by atoms with E-state index in [4.69, 9.17) is 28.3 Å². The number of carbonyl (C=O) groups is 1. The third-order valence-electron chi connectivity index (χ3n) is 3.89. The summed E-state index contributed by atoms with van der Waals surface area (Å²) in [5.74, 6) is -0.828. The van der Waals surface area contributed by atoms with E-state index in [0.29, 0.717) is 23.0 Å². The van der Waals surface area contributed by atoms with Gasteiger partial charge in [-0.2, -0.15) is 5.10 Å². The van der Waals surface area contributed by atoms with E-state index >= 15 is 0 Å². The van der Waals surface area contributed by atoms with Crippen LogP contribution in [-0.4, -0.2) is 20.9 Å². The number of aromatic nitrogens is 2. The third kappa shape index (κ3) is 3.55. The topological polar surface area (TPSA) is 55.1 Å². The van der Waals surface area contributed by atoms with Crippen LogP contribution in [0.15, 0.2) is 36.4 Å². The van der Waals surface area contributed by atoms with Crippen LogP contribution >= 0.6 is 23.2 Å². The van der Waals surface area contributed by atoms with Gasteiger partial charge < -0.3 is 5.11 Å². The fraction of sp³-hybridized carbons (Fsp3) is 0.222. The lowest BCUT2D eigenvalue weighted by Gasteiger charge is -2.07. The van der Waals surface area contributed by atoms with Crippen molar-refractivity contribution in [2.45, 2.75) is 26.3 Å². The lowest BCUT2D eigenvalue weighted by molar-refractivity contribution is -0.136. The molecule has 1 N–H and O–H groups in total. The van der Waals surface area contributed by atoms with Gasteiger partial charge in [0.05, 0.1) is 24.2 Å². The number of fused-ring (bicyclic) bond motifs is 1. The van der Waals surface area contributed by atoms with Crippen molar-refractivity contribution >= 4 is 40.1 Å². The molecule has 0 saturated carbocycles. The summed E-state index contributed by atoms with van der Waals surface area (Å²) in [5, 5.41) is 15.7. The Hall–Kier alpha value is -2.04. The van der Waals surface area contributed by atoms with Crippen LogP contribution in [0.3, 0.4) is 0 Å². The van der Waals surface area contributed by atoms with Crippen molar-refractivity contribution in [1.29, 1.82) is 0 Å². The van der Waals surface area contributed by atoms with Crippen molar-refractivity contribution in [1.82, 2.24) is 9.78 Å². The average Bonchev–Trinajstić information content (AvgIpc) is 2.85. The van der Waals surface area contributed by atoms with E-state index in [1.165, 1.54) is 0 Å². The summed E-state index contributed by atoms with van der Waals surface area (Å²) < 4.78 is 1.87. The molecule has 3 rings (SSSR count). The molecule has 6 heteroatoms. The molecule has 0 bridgehead atoms. The minimum atomic E-state index is -0.828. The zero-order chi connectivity index (χ0) is 17.3. The van der Waals surface area contributed by atoms with Gasteiger partial charge in [-0.1, -0.05) is 41.4 Å². The van der Waals surface area contributed by atoms with Crippen LogP contribution < -0.4 is 0 Å². The molecule has 1 heterocycles. The molecule has 0 spiro atoms. The number of aliphatic carboxylic acids is 1. The fourth-order valence-electron chi connectivity index (χ4n) is 2.69. The Morgan fingerprint density at radius 1 is 1.21 bits per heavy atom. The SMILES string of the molecule is Cc1ccc2c(CCC(=O)O)nn(Cc3ccc(Cl)cc3Cl)c2c1. The Labute approximate surface area is 149 Å². The smallest absolute Gasteiger partial charge is 0.303 e. The highest BCUT2D eigenvalue weighted by Gasteiger charge is 2.13. The molecule has 0 fully saturated rings. The highest BCUT2D eigenvalue weighted by molar-refractivity contribution is 6.35. The zero-order valence-electron chi connectivity index (χ0n) is 13.1. The first kappa shape index (κ1) is 16.8. The maximum Gasteiger partial charge on any atom is 0.303 e. The van der Waals surface area contributed by atoms with E-state index in [1.54, 1.807) is 12.1 Å². The van der Waals surface area contributed by atoms with Gasteiger partial charge in [-0.3, -0.25) is 9.48 Å². The largest absolute Gasteiger partial charge is 0.481 e. The Kier molecular flexibility index (Phi) is 4.78. The van der Waals surface area contributed by atoms with Gasteiger partial charge in [0.2, 0.25) is 0 Å². The molecule has 0 radical (unpaired) electrons. The number of carboxylic acid groups (broad SMARTS) is 1. The Bertz CT molecular complexity index is 919. The predicted molar refractivity (Wildman–Crippen MR) is 96.0 cm³/mol. The molecule has 2 aromatic carbocycles. The van der Waals surface area contributed by atoms with Crippen LogP contribution in [0.1, 0.15) is 23.2 Å². The minimum absolute atomic E-state index is 0.0572. The number of benzene rings is 2. The van der Waals surface area contributed by atoms with E-state index < -0.39 is 5.97 Å². The number of hydrogen-bond acceptors (Lipinski definition) is 2. The van der Waals surface area contributed by atoms with Gasteiger partial charge in [0.1, 0.15) is 0 Å². The molecule has 4 nitrogen and oxygen atoms in total. The van der Waals surface area contributed by atoms with Crippen molar-refractivity contribution in [3.63, 3.8) is 0 Å². The molecule has 0 saturated heterocycles. The van der Waals surface area contributed by atoms with Crippen LogP contribution in [0.5, 0.6) is 0 Å². The minimum Gasteiger partial charge on any atom is -0.481 e. The monoisotopic (exact) mass is 362 g/mol. The van der Waals surface area contributed by atoms with E-state index in [0.717, 1.165) is 27.7 Å². The molecule has 0 aliphatic rings. The molecule has 0 aliphatic carbocycles. The number of rotatable bonds is 5. The summed E-state index contributed by atoms with van der Waals surface area (Å²) in [7, 11) is 0. The number of hydrogen-bond donors (Lipinski definition) is 1. The second kappa shape index (κ2) is 6.83. The van der Waals surface area contributed by atoms with Crippen LogP contribution in [0.4, 0.5) is 0 Å². The Balaban J connectivity index is 2.03.